The van der Waals surface area contributed by atoms with E-state index in [4.69, 9.17) is 4.74 Å². The number of carbonyl (C=O) groups excluding carboxylic acids is 1. The smallest absolute Gasteiger partial charge is 0.312 e. The summed E-state index contributed by atoms with van der Waals surface area (Å²) in [5, 5.41) is 9.39. The van der Waals surface area contributed by atoms with Gasteiger partial charge in [-0.1, -0.05) is 30.3 Å². The highest BCUT2D eigenvalue weighted by Crippen LogP contribution is 2.36. The van der Waals surface area contributed by atoms with Gasteiger partial charge >= 0.3 is 5.97 Å². The number of nitrogens with zero attached hydrogens (tertiary/aromatic N) is 1. The lowest BCUT2D eigenvalue weighted by Gasteiger charge is -2.18. The lowest BCUT2D eigenvalue weighted by atomic mass is 10.0. The van der Waals surface area contributed by atoms with Crippen molar-refractivity contribution < 1.29 is 19.4 Å². The number of hydrogen-bond acceptors (Lipinski definition) is 3. The molecule has 24 heavy (non-hydrogen) atoms. The van der Waals surface area contributed by atoms with Gasteiger partial charge in [0.15, 0.2) is 0 Å². The highest BCUT2D eigenvalue weighted by Gasteiger charge is 2.36. The zero-order valence-corrected chi connectivity index (χ0v) is 13.7. The maximum Gasteiger partial charge on any atom is 0.312 e. The molecular formula is C19H19NO4. The summed E-state index contributed by atoms with van der Waals surface area (Å²) in [7, 11) is 1.60. The van der Waals surface area contributed by atoms with E-state index in [1.165, 1.54) is 0 Å². The average Bonchev–Trinajstić information content (AvgIpc) is 2.96. The first kappa shape index (κ1) is 16.1. The topological polar surface area (TPSA) is 66.8 Å². The maximum absolute atomic E-state index is 12.7. The summed E-state index contributed by atoms with van der Waals surface area (Å²) in [6, 6.07) is 12.9. The summed E-state index contributed by atoms with van der Waals surface area (Å²) in [6.45, 7) is 2.12. The van der Waals surface area contributed by atoms with Crippen molar-refractivity contribution in [2.24, 2.45) is 0 Å². The van der Waals surface area contributed by atoms with E-state index in [2.05, 4.69) is 0 Å². The molecule has 124 valence electrons. The van der Waals surface area contributed by atoms with Gasteiger partial charge in [-0.15, -0.1) is 0 Å². The van der Waals surface area contributed by atoms with Crippen LogP contribution in [0.15, 0.2) is 42.5 Å². The summed E-state index contributed by atoms with van der Waals surface area (Å²) >= 11 is 0. The zero-order chi connectivity index (χ0) is 17.3. The quantitative estimate of drug-likeness (QED) is 0.938. The largest absolute Gasteiger partial charge is 0.496 e. The van der Waals surface area contributed by atoms with Gasteiger partial charge in [-0.2, -0.15) is 0 Å². The molecule has 1 atom stereocenters. The van der Waals surface area contributed by atoms with Crippen molar-refractivity contribution in [1.82, 2.24) is 0 Å². The fourth-order valence-corrected chi connectivity index (χ4v) is 3.10. The number of anilines is 1. The lowest BCUT2D eigenvalue weighted by Crippen LogP contribution is -2.32. The highest BCUT2D eigenvalue weighted by molar-refractivity contribution is 5.99. The summed E-state index contributed by atoms with van der Waals surface area (Å²) in [5.41, 5.74) is 3.23. The molecule has 0 saturated carbocycles. The van der Waals surface area contributed by atoms with E-state index in [1.54, 1.807) is 30.2 Å². The number of benzene rings is 2. The highest BCUT2D eigenvalue weighted by atomic mass is 16.5. The number of ether oxygens (including phenoxy) is 1. The minimum Gasteiger partial charge on any atom is -0.496 e. The van der Waals surface area contributed by atoms with Crippen LogP contribution < -0.4 is 9.64 Å². The van der Waals surface area contributed by atoms with Gasteiger partial charge in [-0.05, 0) is 35.7 Å². The standard InChI is InChI=1S/C19H19NO4/c1-12-7-8-13(9-17(12)24-2)10-18(21)20-11-15(19(22)23)14-5-3-4-6-16(14)20/h3-9,15H,10-11H2,1-2H3,(H,22,23). The molecule has 0 radical (unpaired) electrons. The van der Waals surface area contributed by atoms with Crippen LogP contribution in [-0.2, 0) is 16.0 Å². The number of aliphatic carboxylic acids is 1. The molecule has 0 bridgehead atoms. The van der Waals surface area contributed by atoms with Gasteiger partial charge in [-0.3, -0.25) is 9.59 Å². The van der Waals surface area contributed by atoms with Crippen molar-refractivity contribution in [3.05, 3.63) is 59.2 Å². The Balaban J connectivity index is 1.85. The first-order valence-corrected chi connectivity index (χ1v) is 7.77. The predicted molar refractivity (Wildman–Crippen MR) is 90.6 cm³/mol. The van der Waals surface area contributed by atoms with E-state index < -0.39 is 11.9 Å². The minimum absolute atomic E-state index is 0.114. The lowest BCUT2D eigenvalue weighted by molar-refractivity contribution is -0.138. The molecule has 3 rings (SSSR count). The van der Waals surface area contributed by atoms with Crippen LogP contribution in [0.3, 0.4) is 0 Å². The third kappa shape index (κ3) is 2.85. The molecule has 1 N–H and O–H groups in total. The maximum atomic E-state index is 12.7. The molecule has 5 heteroatoms. The van der Waals surface area contributed by atoms with E-state index in [9.17, 15) is 14.7 Å². The van der Waals surface area contributed by atoms with Gasteiger partial charge in [-0.25, -0.2) is 0 Å². The second-order valence-corrected chi connectivity index (χ2v) is 5.93. The Morgan fingerprint density at radius 3 is 2.71 bits per heavy atom. The van der Waals surface area contributed by atoms with Gasteiger partial charge in [0.1, 0.15) is 11.7 Å². The van der Waals surface area contributed by atoms with Crippen LogP contribution in [0.25, 0.3) is 0 Å². The summed E-state index contributed by atoms with van der Waals surface area (Å²) < 4.78 is 5.29. The van der Waals surface area contributed by atoms with Crippen LogP contribution in [0.4, 0.5) is 5.69 Å². The molecule has 1 amide bonds. The number of amides is 1. The Labute approximate surface area is 140 Å². The van der Waals surface area contributed by atoms with Gasteiger partial charge in [0.25, 0.3) is 0 Å². The van der Waals surface area contributed by atoms with Crippen LogP contribution in [0.1, 0.15) is 22.6 Å². The molecule has 1 aliphatic rings. The normalized spacial score (nSPS) is 15.9. The molecule has 2 aromatic carbocycles. The number of hydrogen-bond donors (Lipinski definition) is 1. The first-order valence-electron chi connectivity index (χ1n) is 7.77. The Morgan fingerprint density at radius 2 is 2.00 bits per heavy atom. The van der Waals surface area contributed by atoms with Gasteiger partial charge in [0, 0.05) is 12.2 Å². The summed E-state index contributed by atoms with van der Waals surface area (Å²) in [4.78, 5) is 25.7. The number of fused-ring (bicyclic) bond motifs is 1. The van der Waals surface area contributed by atoms with E-state index in [0.29, 0.717) is 11.3 Å². The molecule has 0 aromatic heterocycles. The second-order valence-electron chi connectivity index (χ2n) is 5.93. The molecule has 5 nitrogen and oxygen atoms in total. The van der Waals surface area contributed by atoms with Crippen LogP contribution in [-0.4, -0.2) is 30.6 Å². The number of methoxy groups -OCH3 is 1. The minimum atomic E-state index is -0.908. The Kier molecular flexibility index (Phi) is 4.25. The Bertz CT molecular complexity index is 800. The van der Waals surface area contributed by atoms with Gasteiger partial charge in [0.2, 0.25) is 5.91 Å². The SMILES string of the molecule is COc1cc(CC(=O)N2CC(C(=O)O)c3ccccc32)ccc1C. The molecular weight excluding hydrogens is 306 g/mol. The van der Waals surface area contributed by atoms with Crippen LogP contribution in [0, 0.1) is 6.92 Å². The first-order chi connectivity index (χ1) is 11.5. The molecule has 0 saturated heterocycles. The molecule has 0 aliphatic carbocycles. The number of carboxylic acid groups (broad SMARTS) is 1. The molecule has 1 aliphatic heterocycles. The van der Waals surface area contributed by atoms with E-state index in [0.717, 1.165) is 16.9 Å². The number of carbonyl (C=O) groups is 2. The van der Waals surface area contributed by atoms with Crippen molar-refractivity contribution in [2.75, 3.05) is 18.6 Å². The van der Waals surface area contributed by atoms with Crippen molar-refractivity contribution in [3.63, 3.8) is 0 Å². The van der Waals surface area contributed by atoms with Gasteiger partial charge in [0.05, 0.1) is 13.5 Å². The van der Waals surface area contributed by atoms with E-state index >= 15 is 0 Å². The number of para-hydroxylation sites is 1. The third-order valence-corrected chi connectivity index (χ3v) is 4.40. The van der Waals surface area contributed by atoms with Crippen LogP contribution in [0.2, 0.25) is 0 Å². The third-order valence-electron chi connectivity index (χ3n) is 4.40. The average molecular weight is 325 g/mol. The van der Waals surface area contributed by atoms with Crippen LogP contribution >= 0.6 is 0 Å². The fourth-order valence-electron chi connectivity index (χ4n) is 3.10. The van der Waals surface area contributed by atoms with Crippen molar-refractivity contribution >= 4 is 17.6 Å². The van der Waals surface area contributed by atoms with Crippen molar-refractivity contribution in [1.29, 1.82) is 0 Å². The molecule has 1 unspecified atom stereocenters. The fraction of sp³-hybridized carbons (Fsp3) is 0.263. The van der Waals surface area contributed by atoms with Gasteiger partial charge < -0.3 is 14.7 Å². The summed E-state index contributed by atoms with van der Waals surface area (Å²) in [5.74, 6) is -0.949. The zero-order valence-electron chi connectivity index (χ0n) is 13.7. The molecule has 1 heterocycles. The van der Waals surface area contributed by atoms with E-state index in [1.807, 2.05) is 31.2 Å². The van der Waals surface area contributed by atoms with E-state index in [-0.39, 0.29) is 18.9 Å². The van der Waals surface area contributed by atoms with Crippen molar-refractivity contribution in [2.45, 2.75) is 19.3 Å². The molecule has 0 fully saturated rings. The molecule has 2 aromatic rings. The monoisotopic (exact) mass is 325 g/mol. The Hall–Kier alpha value is -2.82. The van der Waals surface area contributed by atoms with Crippen LogP contribution in [0.5, 0.6) is 5.75 Å². The van der Waals surface area contributed by atoms with Crippen molar-refractivity contribution in [3.8, 4) is 5.75 Å². The number of aryl methyl sites for hydroxylation is 1. The predicted octanol–water partition coefficient (Wildman–Crippen LogP) is 2.76. The summed E-state index contributed by atoms with van der Waals surface area (Å²) in [6.07, 6.45) is 0.206. The number of rotatable bonds is 4. The molecule has 0 spiro atoms. The Morgan fingerprint density at radius 1 is 1.25 bits per heavy atom. The second kappa shape index (κ2) is 6.35. The number of carboxylic acids is 1.